The van der Waals surface area contributed by atoms with E-state index >= 15 is 0 Å². The average Bonchev–Trinajstić information content (AvgIpc) is 1.59. The molecule has 0 heteroatoms. The summed E-state index contributed by atoms with van der Waals surface area (Å²) in [5.41, 5.74) is 28.3. The molecule has 0 bridgehead atoms. The molecule has 17 aromatic rings. The zero-order valence-corrected chi connectivity index (χ0v) is 78.4. The normalized spacial score (nSPS) is 11.5. The van der Waals surface area contributed by atoms with E-state index in [1.54, 1.807) is 0 Å². The van der Waals surface area contributed by atoms with E-state index in [1.165, 1.54) is 144 Å². The van der Waals surface area contributed by atoms with Gasteiger partial charge in [-0.3, -0.25) is 0 Å². The Morgan fingerprint density at radius 3 is 0.750 bits per heavy atom. The predicted octanol–water partition coefficient (Wildman–Crippen LogP) is 37.4. The molecular formula is C124H136. The van der Waals surface area contributed by atoms with Gasteiger partial charge in [0.2, 0.25) is 0 Å². The van der Waals surface area contributed by atoms with Crippen molar-refractivity contribution in [1.82, 2.24) is 0 Å². The third-order valence-electron chi connectivity index (χ3n) is 19.4. The summed E-state index contributed by atoms with van der Waals surface area (Å²) in [6.07, 6.45) is 0. The first-order chi connectivity index (χ1) is 58.9. The number of fused-ring (bicyclic) bond motifs is 6. The van der Waals surface area contributed by atoms with Crippen molar-refractivity contribution in [2.45, 2.75) is 163 Å². The molecule has 18 rings (SSSR count). The maximum Gasteiger partial charge on any atom is 0.0159 e. The van der Waals surface area contributed by atoms with E-state index in [-0.39, 0.29) is 10.8 Å². The highest BCUT2D eigenvalue weighted by Gasteiger charge is 2.35. The van der Waals surface area contributed by atoms with E-state index in [0.29, 0.717) is 21.7 Å². The van der Waals surface area contributed by atoms with Gasteiger partial charge in [0.15, 0.2) is 0 Å². The highest BCUT2D eigenvalue weighted by Crippen LogP contribution is 2.50. The SMILES string of the molecule is CC(C)(C)C.CC(C)(C)C.CC(C)(C)C.CC(C)(C)C.CC(C)(C)c1c(-c2ccccc2)cc(-c2ccccc2)cc1-c1ccccc1.CC1(C)c2ccccc2-c2ccc(-c3ccccc3)cc21.Cc1ccccc1.c1ccc(-c2ccc(-c3ccccc3)cc2)cc1.c1ccc(-c2cccc3ccccc23)cc1.c1ccc2cc3ccccc3cc2c1. The maximum absolute atomic E-state index is 2.37. The molecule has 0 unspecified atom stereocenters. The Morgan fingerprint density at radius 2 is 0.411 bits per heavy atom. The van der Waals surface area contributed by atoms with Crippen LogP contribution in [0.2, 0.25) is 0 Å². The van der Waals surface area contributed by atoms with Gasteiger partial charge in [-0.2, -0.15) is 0 Å². The molecule has 0 fully saturated rings. The molecule has 0 heterocycles. The average molecular weight is 1630 g/mol. The molecule has 17 aromatic carbocycles. The van der Waals surface area contributed by atoms with E-state index in [4.69, 9.17) is 0 Å². The maximum atomic E-state index is 2.37. The van der Waals surface area contributed by atoms with Crippen LogP contribution in [0.5, 0.6) is 0 Å². The van der Waals surface area contributed by atoms with Crippen LogP contribution < -0.4 is 0 Å². The van der Waals surface area contributed by atoms with Gasteiger partial charge in [-0.05, 0) is 202 Å². The number of aryl methyl sites for hydroxylation is 1. The summed E-state index contributed by atoms with van der Waals surface area (Å²) in [7, 11) is 0. The van der Waals surface area contributed by atoms with Crippen LogP contribution in [0.25, 0.3) is 121 Å². The Morgan fingerprint density at radius 1 is 0.169 bits per heavy atom. The Bertz CT molecular complexity index is 5680. The molecule has 124 heavy (non-hydrogen) atoms. The second kappa shape index (κ2) is 45.1. The van der Waals surface area contributed by atoms with E-state index in [1.807, 2.05) is 30.3 Å². The molecule has 1 aliphatic rings. The lowest BCUT2D eigenvalue weighted by Gasteiger charge is -2.28. The van der Waals surface area contributed by atoms with Gasteiger partial charge >= 0.3 is 0 Å². The fourth-order valence-electron chi connectivity index (χ4n) is 14.1. The van der Waals surface area contributed by atoms with Crippen LogP contribution in [0.15, 0.2) is 425 Å². The molecule has 0 nitrogen and oxygen atoms in total. The molecule has 1 aliphatic carbocycles. The number of rotatable bonds is 7. The second-order valence-electron chi connectivity index (χ2n) is 40.0. The van der Waals surface area contributed by atoms with Crippen LogP contribution in [0.4, 0.5) is 0 Å². The summed E-state index contributed by atoms with van der Waals surface area (Å²) in [5, 5.41) is 7.86. The van der Waals surface area contributed by atoms with Crippen LogP contribution in [-0.4, -0.2) is 0 Å². The van der Waals surface area contributed by atoms with Crippen LogP contribution in [0.3, 0.4) is 0 Å². The third kappa shape index (κ3) is 31.4. The van der Waals surface area contributed by atoms with Gasteiger partial charge in [0, 0.05) is 5.41 Å². The molecule has 632 valence electrons. The number of hydrogen-bond acceptors (Lipinski definition) is 0. The monoisotopic (exact) mass is 1630 g/mol. The van der Waals surface area contributed by atoms with Crippen LogP contribution in [-0.2, 0) is 10.8 Å². The van der Waals surface area contributed by atoms with Crippen molar-refractivity contribution in [3.8, 4) is 89.0 Å². The molecule has 0 atom stereocenters. The Kier molecular flexibility index (Phi) is 34.7. The van der Waals surface area contributed by atoms with Gasteiger partial charge in [0.1, 0.15) is 0 Å². The minimum atomic E-state index is 0.0194. The van der Waals surface area contributed by atoms with Crippen LogP contribution in [0.1, 0.15) is 168 Å². The van der Waals surface area contributed by atoms with Crippen LogP contribution in [0, 0.1) is 28.6 Å². The van der Waals surface area contributed by atoms with E-state index in [9.17, 15) is 0 Å². The van der Waals surface area contributed by atoms with Gasteiger partial charge < -0.3 is 0 Å². The number of benzene rings is 17. The van der Waals surface area contributed by atoms with E-state index in [0.717, 1.165) is 0 Å². The van der Waals surface area contributed by atoms with Gasteiger partial charge in [0.05, 0.1) is 0 Å². The minimum absolute atomic E-state index is 0.0194. The first kappa shape index (κ1) is 95.4. The zero-order valence-electron chi connectivity index (χ0n) is 78.4. The van der Waals surface area contributed by atoms with Gasteiger partial charge in [0.25, 0.3) is 0 Å². The molecule has 0 aliphatic heterocycles. The summed E-state index contributed by atoms with van der Waals surface area (Å²) in [5.74, 6) is 0. The highest BCUT2D eigenvalue weighted by molar-refractivity contribution is 5.99. The topological polar surface area (TPSA) is 0 Å². The lowest BCUT2D eigenvalue weighted by Crippen LogP contribution is -2.15. The first-order valence-corrected chi connectivity index (χ1v) is 44.2. The molecule has 0 aromatic heterocycles. The standard InChI is InChI=1S/C28H26.C21H18.C18H14.C16H12.C14H10.C7H8.4C5H12/c1-28(2,3)27-25(22-15-9-5-10-16-22)19-24(21-13-7-4-8-14-21)20-26(27)23-17-11-6-12-18-23;1-21(2)19-11-7-6-10-17(19)18-13-12-16(14-20(18)21)15-8-4-3-5-9-15;1-3-7-15(8-4-1)17-11-13-18(14-12-17)16-9-5-2-6-10-16;1-2-7-13(8-3-1)16-12-6-10-14-9-4-5-11-15(14)16;1-2-6-12-10-14-8-4-3-7-13(14)9-11(12)5-1;1-7-5-3-2-4-6-7;4*1-5(2,3)4/h4-20H,1-3H3;3-14H,1-2H3;1-14H;1-12H;1-10H;2-6H,1H3;4*1-4H3. The van der Waals surface area contributed by atoms with Gasteiger partial charge in [-0.25, -0.2) is 0 Å². The van der Waals surface area contributed by atoms with E-state index < -0.39 is 0 Å². The Labute approximate surface area is 747 Å². The molecule has 0 saturated heterocycles. The highest BCUT2D eigenvalue weighted by atomic mass is 14.4. The number of hydrogen-bond donors (Lipinski definition) is 0. The largest absolute Gasteiger partial charge is 0.0622 e. The minimum Gasteiger partial charge on any atom is -0.0622 e. The summed E-state index contributed by atoms with van der Waals surface area (Å²) in [4.78, 5) is 0. The Balaban J connectivity index is 0.000000165. The summed E-state index contributed by atoms with van der Waals surface area (Å²) in [6, 6.07) is 150. The molecule has 0 spiro atoms. The Hall–Kier alpha value is -12.5. The van der Waals surface area contributed by atoms with Crippen molar-refractivity contribution in [3.63, 3.8) is 0 Å². The van der Waals surface area contributed by atoms with Crippen molar-refractivity contribution in [3.05, 3.63) is 447 Å². The zero-order chi connectivity index (χ0) is 89.5. The summed E-state index contributed by atoms with van der Waals surface area (Å²) >= 11 is 0. The quantitative estimate of drug-likeness (QED) is 0.140. The van der Waals surface area contributed by atoms with Crippen LogP contribution >= 0.6 is 0 Å². The lowest BCUT2D eigenvalue weighted by molar-refractivity contribution is 0.469. The smallest absolute Gasteiger partial charge is 0.0159 e. The van der Waals surface area contributed by atoms with Crippen molar-refractivity contribution in [1.29, 1.82) is 0 Å². The first-order valence-electron chi connectivity index (χ1n) is 44.2. The van der Waals surface area contributed by atoms with E-state index in [2.05, 4.69) is 547 Å². The summed E-state index contributed by atoms with van der Waals surface area (Å²) in [6.45, 7) is 48.7. The summed E-state index contributed by atoms with van der Waals surface area (Å²) < 4.78 is 0. The van der Waals surface area contributed by atoms with Crippen molar-refractivity contribution in [2.75, 3.05) is 0 Å². The van der Waals surface area contributed by atoms with Crippen molar-refractivity contribution < 1.29 is 0 Å². The van der Waals surface area contributed by atoms with Crippen molar-refractivity contribution >= 4 is 32.3 Å². The van der Waals surface area contributed by atoms with Gasteiger partial charge in [-0.15, -0.1) is 0 Å². The fraction of sp³-hybridized carbons (Fsp3) is 0.226. The van der Waals surface area contributed by atoms with Gasteiger partial charge in [-0.1, -0.05) is 545 Å². The molecule has 0 N–H and O–H groups in total. The third-order valence-corrected chi connectivity index (χ3v) is 19.4. The second-order valence-corrected chi connectivity index (χ2v) is 40.0. The fourth-order valence-corrected chi connectivity index (χ4v) is 14.1. The molecule has 0 saturated carbocycles. The molecule has 0 radical (unpaired) electrons. The molecular weight excluding hydrogens is 1490 g/mol. The predicted molar refractivity (Wildman–Crippen MR) is 551 cm³/mol. The molecule has 0 amide bonds. The lowest BCUT2D eigenvalue weighted by atomic mass is 9.76. The van der Waals surface area contributed by atoms with Crippen molar-refractivity contribution in [2.24, 2.45) is 21.7 Å².